The second kappa shape index (κ2) is 3.82. The van der Waals surface area contributed by atoms with Gasteiger partial charge in [0.1, 0.15) is 19.5 Å². The van der Waals surface area contributed by atoms with Gasteiger partial charge >= 0.3 is 5.97 Å². The highest BCUT2D eigenvalue weighted by molar-refractivity contribution is 5.66. The summed E-state index contributed by atoms with van der Waals surface area (Å²) in [4.78, 5) is 14.0. The van der Waals surface area contributed by atoms with Gasteiger partial charge in [-0.05, 0) is 0 Å². The Bertz CT molecular complexity index is 271. The first-order chi connectivity index (χ1) is 5.72. The van der Waals surface area contributed by atoms with Crippen LogP contribution in [0.15, 0.2) is 6.33 Å². The molecule has 0 atom stereocenters. The molecule has 0 bridgehead atoms. The van der Waals surface area contributed by atoms with Gasteiger partial charge < -0.3 is 9.84 Å². The van der Waals surface area contributed by atoms with Gasteiger partial charge in [0, 0.05) is 7.11 Å². The number of rotatable bonds is 4. The Labute approximate surface area is 68.8 Å². The Kier molecular flexibility index (Phi) is 2.76. The molecule has 0 aliphatic rings. The van der Waals surface area contributed by atoms with Crippen LogP contribution in [0, 0.1) is 0 Å². The molecule has 0 unspecified atom stereocenters. The number of methoxy groups -OCH3 is 1. The fourth-order valence-electron chi connectivity index (χ4n) is 0.743. The average molecular weight is 171 g/mol. The Balaban J connectivity index is 2.58. The molecule has 6 heteroatoms. The van der Waals surface area contributed by atoms with Crippen LogP contribution < -0.4 is 0 Å². The molecule has 0 spiro atoms. The molecule has 0 saturated heterocycles. The van der Waals surface area contributed by atoms with Gasteiger partial charge in [-0.1, -0.05) is 0 Å². The number of hydrogen-bond acceptors (Lipinski definition) is 4. The van der Waals surface area contributed by atoms with Crippen LogP contribution in [0.5, 0.6) is 0 Å². The molecule has 1 aromatic heterocycles. The fraction of sp³-hybridized carbons (Fsp3) is 0.500. The lowest BCUT2D eigenvalue weighted by molar-refractivity contribution is -0.137. The van der Waals surface area contributed by atoms with E-state index in [-0.39, 0.29) is 6.54 Å². The predicted octanol–water partition coefficient (Wildman–Crippen LogP) is -0.491. The molecule has 0 aliphatic carbocycles. The summed E-state index contributed by atoms with van der Waals surface area (Å²) < 4.78 is 6.01. The van der Waals surface area contributed by atoms with Crippen LogP contribution in [0.4, 0.5) is 0 Å². The maximum absolute atomic E-state index is 10.2. The van der Waals surface area contributed by atoms with Crippen LogP contribution in [-0.2, 0) is 22.7 Å². The maximum Gasteiger partial charge on any atom is 0.325 e. The minimum Gasteiger partial charge on any atom is -0.480 e. The molecule has 0 radical (unpaired) electrons. The van der Waals surface area contributed by atoms with E-state index < -0.39 is 5.97 Å². The van der Waals surface area contributed by atoms with Gasteiger partial charge in [0.15, 0.2) is 5.82 Å². The lowest BCUT2D eigenvalue weighted by Crippen LogP contribution is -2.09. The molecule has 6 nitrogen and oxygen atoms in total. The van der Waals surface area contributed by atoms with Crippen molar-refractivity contribution in [1.82, 2.24) is 14.8 Å². The van der Waals surface area contributed by atoms with E-state index in [1.165, 1.54) is 18.1 Å². The molecule has 0 amide bonds. The van der Waals surface area contributed by atoms with Gasteiger partial charge in [-0.3, -0.25) is 4.79 Å². The molecular formula is C6H9N3O3. The third-order valence-corrected chi connectivity index (χ3v) is 1.15. The van der Waals surface area contributed by atoms with Crippen molar-refractivity contribution in [3.63, 3.8) is 0 Å². The summed E-state index contributed by atoms with van der Waals surface area (Å²) in [7, 11) is 1.53. The van der Waals surface area contributed by atoms with E-state index in [2.05, 4.69) is 10.1 Å². The van der Waals surface area contributed by atoms with E-state index in [4.69, 9.17) is 9.84 Å². The molecule has 1 N–H and O–H groups in total. The van der Waals surface area contributed by atoms with Gasteiger partial charge in [0.05, 0.1) is 0 Å². The Morgan fingerprint density at radius 2 is 2.58 bits per heavy atom. The lowest BCUT2D eigenvalue weighted by Gasteiger charge is -1.92. The number of hydrogen-bond donors (Lipinski definition) is 1. The summed E-state index contributed by atoms with van der Waals surface area (Å²) in [5.74, 6) is -0.456. The van der Waals surface area contributed by atoms with Crippen molar-refractivity contribution in [3.8, 4) is 0 Å². The van der Waals surface area contributed by atoms with Crippen molar-refractivity contribution in [2.24, 2.45) is 0 Å². The van der Waals surface area contributed by atoms with E-state index in [9.17, 15) is 4.79 Å². The van der Waals surface area contributed by atoms with Crippen LogP contribution >= 0.6 is 0 Å². The van der Waals surface area contributed by atoms with Crippen LogP contribution in [0.25, 0.3) is 0 Å². The number of aromatic nitrogens is 3. The normalized spacial score (nSPS) is 10.1. The molecule has 1 aromatic rings. The zero-order chi connectivity index (χ0) is 8.97. The van der Waals surface area contributed by atoms with Crippen LogP contribution in [0.1, 0.15) is 5.82 Å². The molecule has 1 rings (SSSR count). The number of ether oxygens (including phenoxy) is 1. The number of carbonyl (C=O) groups is 1. The van der Waals surface area contributed by atoms with E-state index in [0.717, 1.165) is 0 Å². The van der Waals surface area contributed by atoms with Crippen molar-refractivity contribution >= 4 is 5.97 Å². The van der Waals surface area contributed by atoms with Crippen LogP contribution in [0.2, 0.25) is 0 Å². The third kappa shape index (κ3) is 2.31. The molecule has 0 saturated carbocycles. The van der Waals surface area contributed by atoms with Gasteiger partial charge in [-0.25, -0.2) is 9.67 Å². The van der Waals surface area contributed by atoms with Crippen molar-refractivity contribution in [2.45, 2.75) is 13.2 Å². The zero-order valence-electron chi connectivity index (χ0n) is 6.60. The minimum absolute atomic E-state index is 0.170. The van der Waals surface area contributed by atoms with Gasteiger partial charge in [0.2, 0.25) is 0 Å². The standard InChI is InChI=1S/C6H9N3O3/c1-12-3-5-7-4-9(8-5)2-6(10)11/h4H,2-3H2,1H3,(H,10,11). The van der Waals surface area contributed by atoms with Crippen molar-refractivity contribution in [1.29, 1.82) is 0 Å². The van der Waals surface area contributed by atoms with Crippen LogP contribution in [-0.4, -0.2) is 33.0 Å². The van der Waals surface area contributed by atoms with Crippen molar-refractivity contribution in [2.75, 3.05) is 7.11 Å². The number of carboxylic acids is 1. The highest BCUT2D eigenvalue weighted by Gasteiger charge is 2.02. The van der Waals surface area contributed by atoms with E-state index in [0.29, 0.717) is 12.4 Å². The van der Waals surface area contributed by atoms with Gasteiger partial charge in [-0.2, -0.15) is 5.10 Å². The second-order valence-corrected chi connectivity index (χ2v) is 2.19. The zero-order valence-corrected chi connectivity index (χ0v) is 6.60. The lowest BCUT2D eigenvalue weighted by atomic mass is 10.7. The predicted molar refractivity (Wildman–Crippen MR) is 38.4 cm³/mol. The topological polar surface area (TPSA) is 77.2 Å². The Morgan fingerprint density at radius 1 is 1.83 bits per heavy atom. The van der Waals surface area contributed by atoms with Crippen molar-refractivity contribution in [3.05, 3.63) is 12.2 Å². The number of nitrogens with zero attached hydrogens (tertiary/aromatic N) is 3. The summed E-state index contributed by atoms with van der Waals surface area (Å²) in [5.41, 5.74) is 0. The Hall–Kier alpha value is -1.43. The SMILES string of the molecule is COCc1ncn(CC(=O)O)n1. The third-order valence-electron chi connectivity index (χ3n) is 1.15. The summed E-state index contributed by atoms with van der Waals surface area (Å²) >= 11 is 0. The molecule has 12 heavy (non-hydrogen) atoms. The first kappa shape index (κ1) is 8.66. The van der Waals surface area contributed by atoms with Gasteiger partial charge in [0.25, 0.3) is 0 Å². The van der Waals surface area contributed by atoms with E-state index in [1.54, 1.807) is 0 Å². The number of carboxylic acid groups (broad SMARTS) is 1. The average Bonchev–Trinajstić information content (AvgIpc) is 2.36. The highest BCUT2D eigenvalue weighted by Crippen LogP contribution is 1.91. The summed E-state index contributed by atoms with van der Waals surface area (Å²) in [5, 5.41) is 12.2. The molecule has 1 heterocycles. The fourth-order valence-corrected chi connectivity index (χ4v) is 0.743. The molecule has 0 aliphatic heterocycles. The van der Waals surface area contributed by atoms with Gasteiger partial charge in [-0.15, -0.1) is 0 Å². The molecule has 66 valence electrons. The summed E-state index contributed by atoms with van der Waals surface area (Å²) in [6.07, 6.45) is 1.36. The molecular weight excluding hydrogens is 162 g/mol. The molecule has 0 aromatic carbocycles. The first-order valence-electron chi connectivity index (χ1n) is 3.31. The quantitative estimate of drug-likeness (QED) is 0.661. The molecule has 0 fully saturated rings. The van der Waals surface area contributed by atoms with E-state index >= 15 is 0 Å². The summed E-state index contributed by atoms with van der Waals surface area (Å²) in [6.45, 7) is 0.128. The van der Waals surface area contributed by atoms with E-state index in [1.807, 2.05) is 0 Å². The Morgan fingerprint density at radius 3 is 3.17 bits per heavy atom. The maximum atomic E-state index is 10.2. The first-order valence-corrected chi connectivity index (χ1v) is 3.31. The number of aliphatic carboxylic acids is 1. The summed E-state index contributed by atoms with van der Waals surface area (Å²) in [6, 6.07) is 0. The van der Waals surface area contributed by atoms with Crippen molar-refractivity contribution < 1.29 is 14.6 Å². The van der Waals surface area contributed by atoms with Crippen LogP contribution in [0.3, 0.4) is 0 Å². The monoisotopic (exact) mass is 171 g/mol. The minimum atomic E-state index is -0.941. The smallest absolute Gasteiger partial charge is 0.325 e. The second-order valence-electron chi connectivity index (χ2n) is 2.19. The highest BCUT2D eigenvalue weighted by atomic mass is 16.5. The largest absolute Gasteiger partial charge is 0.480 e.